The van der Waals surface area contributed by atoms with Gasteiger partial charge in [-0.3, -0.25) is 4.79 Å². The van der Waals surface area contributed by atoms with E-state index in [1.165, 1.54) is 11.8 Å². The molecule has 1 saturated carbocycles. The number of carbonyl (C=O) groups excluding carboxylic acids is 1. The Morgan fingerprint density at radius 2 is 1.88 bits per heavy atom. The number of para-hydroxylation sites is 2. The number of nitrogens with one attached hydrogen (secondary N) is 1. The first-order valence-electron chi connectivity index (χ1n) is 8.71. The lowest BCUT2D eigenvalue weighted by atomic mass is 10.2. The lowest BCUT2D eigenvalue weighted by molar-refractivity contribution is -0.113. The lowest BCUT2D eigenvalue weighted by Gasteiger charge is -2.06. The van der Waals surface area contributed by atoms with Gasteiger partial charge in [-0.25, -0.2) is 9.67 Å². The van der Waals surface area contributed by atoms with Gasteiger partial charge in [-0.1, -0.05) is 48.2 Å². The van der Waals surface area contributed by atoms with Crippen molar-refractivity contribution in [1.82, 2.24) is 14.8 Å². The number of anilines is 1. The maximum Gasteiger partial charge on any atom is 0.234 e. The van der Waals surface area contributed by atoms with Gasteiger partial charge in [0.2, 0.25) is 11.1 Å². The summed E-state index contributed by atoms with van der Waals surface area (Å²) in [7, 11) is 0. The van der Waals surface area contributed by atoms with E-state index < -0.39 is 0 Å². The van der Waals surface area contributed by atoms with Crippen molar-refractivity contribution in [1.29, 1.82) is 0 Å². The highest BCUT2D eigenvalue weighted by Crippen LogP contribution is 2.40. The summed E-state index contributed by atoms with van der Waals surface area (Å²) in [5, 5.41) is 8.22. The third kappa shape index (κ3) is 3.80. The Kier molecular flexibility index (Phi) is 4.75. The Morgan fingerprint density at radius 1 is 1.15 bits per heavy atom. The van der Waals surface area contributed by atoms with E-state index in [0.717, 1.165) is 35.6 Å². The molecule has 0 atom stereocenters. The summed E-state index contributed by atoms with van der Waals surface area (Å²) in [6.45, 7) is 1.98. The van der Waals surface area contributed by atoms with Crippen LogP contribution < -0.4 is 5.32 Å². The highest BCUT2D eigenvalue weighted by Gasteiger charge is 2.30. The summed E-state index contributed by atoms with van der Waals surface area (Å²) >= 11 is 1.37. The van der Waals surface area contributed by atoms with Crippen LogP contribution in [0.25, 0.3) is 5.69 Å². The third-order valence-corrected chi connectivity index (χ3v) is 5.15. The molecule has 26 heavy (non-hydrogen) atoms. The molecule has 1 aliphatic carbocycles. The molecule has 1 N–H and O–H groups in total. The number of aryl methyl sites for hydroxylation is 1. The van der Waals surface area contributed by atoms with Crippen LogP contribution in [0.15, 0.2) is 59.8 Å². The molecule has 0 bridgehead atoms. The zero-order valence-electron chi connectivity index (χ0n) is 14.6. The van der Waals surface area contributed by atoms with Gasteiger partial charge in [0.05, 0.1) is 11.4 Å². The van der Waals surface area contributed by atoms with Crippen molar-refractivity contribution in [3.8, 4) is 5.69 Å². The predicted octanol–water partition coefficient (Wildman–Crippen LogP) is 4.18. The molecule has 0 spiro atoms. The summed E-state index contributed by atoms with van der Waals surface area (Å²) in [5.41, 5.74) is 2.91. The van der Waals surface area contributed by atoms with Gasteiger partial charge in [0.1, 0.15) is 5.82 Å². The van der Waals surface area contributed by atoms with Crippen LogP contribution in [-0.4, -0.2) is 26.4 Å². The molecule has 0 unspecified atom stereocenters. The first-order chi connectivity index (χ1) is 12.7. The number of thioether (sulfide) groups is 1. The Morgan fingerprint density at radius 3 is 2.62 bits per heavy atom. The molecular formula is C20H20N4OS. The number of nitrogens with zero attached hydrogens (tertiary/aromatic N) is 3. The molecule has 2 aromatic carbocycles. The van der Waals surface area contributed by atoms with Gasteiger partial charge in [-0.15, -0.1) is 5.10 Å². The molecule has 1 aliphatic rings. The van der Waals surface area contributed by atoms with Crippen molar-refractivity contribution in [2.24, 2.45) is 0 Å². The zero-order valence-corrected chi connectivity index (χ0v) is 15.4. The standard InChI is InChI=1S/C20H20N4OS/c1-14-7-5-6-10-17(14)21-18(25)13-26-20-22-19(15-11-12-15)24(23-20)16-8-3-2-4-9-16/h2-10,15H,11-13H2,1H3,(H,21,25). The molecule has 132 valence electrons. The van der Waals surface area contributed by atoms with Crippen molar-refractivity contribution in [3.63, 3.8) is 0 Å². The largest absolute Gasteiger partial charge is 0.325 e. The monoisotopic (exact) mass is 364 g/mol. The number of hydrogen-bond donors (Lipinski definition) is 1. The smallest absolute Gasteiger partial charge is 0.234 e. The number of hydrogen-bond acceptors (Lipinski definition) is 4. The van der Waals surface area contributed by atoms with Gasteiger partial charge in [-0.2, -0.15) is 0 Å². The van der Waals surface area contributed by atoms with E-state index in [4.69, 9.17) is 0 Å². The van der Waals surface area contributed by atoms with Crippen LogP contribution >= 0.6 is 11.8 Å². The normalized spacial score (nSPS) is 13.6. The molecule has 4 rings (SSSR count). The van der Waals surface area contributed by atoms with Crippen LogP contribution in [0.3, 0.4) is 0 Å². The van der Waals surface area contributed by atoms with Crippen LogP contribution in [0.1, 0.15) is 30.1 Å². The number of benzene rings is 2. The summed E-state index contributed by atoms with van der Waals surface area (Å²) in [5.74, 6) is 1.72. The molecule has 3 aromatic rings. The topological polar surface area (TPSA) is 59.8 Å². The van der Waals surface area contributed by atoms with E-state index in [2.05, 4.69) is 15.4 Å². The summed E-state index contributed by atoms with van der Waals surface area (Å²) in [4.78, 5) is 16.9. The zero-order chi connectivity index (χ0) is 17.9. The first kappa shape index (κ1) is 16.8. The van der Waals surface area contributed by atoms with Gasteiger partial charge >= 0.3 is 0 Å². The highest BCUT2D eigenvalue weighted by atomic mass is 32.2. The van der Waals surface area contributed by atoms with E-state index >= 15 is 0 Å². The SMILES string of the molecule is Cc1ccccc1NC(=O)CSc1nc(C2CC2)n(-c2ccccc2)n1. The summed E-state index contributed by atoms with van der Waals surface area (Å²) in [6.07, 6.45) is 2.31. The van der Waals surface area contributed by atoms with Crippen molar-refractivity contribution in [2.45, 2.75) is 30.8 Å². The molecule has 0 aliphatic heterocycles. The number of aromatic nitrogens is 3. The molecular weight excluding hydrogens is 344 g/mol. The van der Waals surface area contributed by atoms with Crippen LogP contribution in [-0.2, 0) is 4.79 Å². The Hall–Kier alpha value is -2.60. The van der Waals surface area contributed by atoms with Crippen LogP contribution in [0.2, 0.25) is 0 Å². The molecule has 0 saturated heterocycles. The maximum atomic E-state index is 12.3. The van der Waals surface area contributed by atoms with E-state index in [-0.39, 0.29) is 11.7 Å². The third-order valence-electron chi connectivity index (χ3n) is 4.31. The van der Waals surface area contributed by atoms with E-state index in [9.17, 15) is 4.79 Å². The average molecular weight is 364 g/mol. The highest BCUT2D eigenvalue weighted by molar-refractivity contribution is 7.99. The van der Waals surface area contributed by atoms with Gasteiger partial charge in [0, 0.05) is 11.6 Å². The summed E-state index contributed by atoms with van der Waals surface area (Å²) in [6, 6.07) is 17.8. The fourth-order valence-electron chi connectivity index (χ4n) is 2.76. The minimum atomic E-state index is -0.0478. The molecule has 0 radical (unpaired) electrons. The van der Waals surface area contributed by atoms with Crippen LogP contribution in [0.4, 0.5) is 5.69 Å². The van der Waals surface area contributed by atoms with Gasteiger partial charge in [0.15, 0.2) is 0 Å². The second-order valence-corrected chi connectivity index (χ2v) is 7.37. The van der Waals surface area contributed by atoms with E-state index in [1.54, 1.807) is 0 Å². The van der Waals surface area contributed by atoms with E-state index in [1.807, 2.05) is 66.2 Å². The van der Waals surface area contributed by atoms with E-state index in [0.29, 0.717) is 11.1 Å². The Bertz CT molecular complexity index is 919. The van der Waals surface area contributed by atoms with Crippen molar-refractivity contribution in [3.05, 3.63) is 66.0 Å². The quantitative estimate of drug-likeness (QED) is 0.667. The minimum Gasteiger partial charge on any atom is -0.325 e. The number of carbonyl (C=O) groups is 1. The minimum absolute atomic E-state index is 0.0478. The van der Waals surface area contributed by atoms with Crippen molar-refractivity contribution < 1.29 is 4.79 Å². The fraction of sp³-hybridized carbons (Fsp3) is 0.250. The Balaban J connectivity index is 1.45. The maximum absolute atomic E-state index is 12.3. The molecule has 1 heterocycles. The van der Waals surface area contributed by atoms with Crippen LogP contribution in [0, 0.1) is 6.92 Å². The average Bonchev–Trinajstić information content (AvgIpc) is 3.42. The van der Waals surface area contributed by atoms with Crippen LogP contribution in [0.5, 0.6) is 0 Å². The molecule has 5 nitrogen and oxygen atoms in total. The lowest BCUT2D eigenvalue weighted by Crippen LogP contribution is -2.14. The van der Waals surface area contributed by atoms with Gasteiger partial charge in [0.25, 0.3) is 0 Å². The van der Waals surface area contributed by atoms with Crippen molar-refractivity contribution in [2.75, 3.05) is 11.1 Å². The second-order valence-electron chi connectivity index (χ2n) is 6.43. The fourth-order valence-corrected chi connectivity index (χ4v) is 3.39. The number of rotatable bonds is 6. The molecule has 1 amide bonds. The first-order valence-corrected chi connectivity index (χ1v) is 9.70. The predicted molar refractivity (Wildman–Crippen MR) is 104 cm³/mol. The Labute approximate surface area is 156 Å². The van der Waals surface area contributed by atoms with Gasteiger partial charge in [-0.05, 0) is 43.5 Å². The molecule has 6 heteroatoms. The second kappa shape index (κ2) is 7.33. The van der Waals surface area contributed by atoms with Crippen molar-refractivity contribution >= 4 is 23.4 Å². The molecule has 1 aromatic heterocycles. The molecule has 1 fully saturated rings. The van der Waals surface area contributed by atoms with Gasteiger partial charge < -0.3 is 5.32 Å². The number of amides is 1. The summed E-state index contributed by atoms with van der Waals surface area (Å²) < 4.78 is 1.92.